The molecule has 1 fully saturated rings. The summed E-state index contributed by atoms with van der Waals surface area (Å²) >= 11 is 0. The van der Waals surface area contributed by atoms with Crippen molar-refractivity contribution >= 4 is 6.29 Å². The van der Waals surface area contributed by atoms with Crippen LogP contribution in [0.15, 0.2) is 0 Å². The van der Waals surface area contributed by atoms with E-state index < -0.39 is 47.5 Å². The molecule has 9 heteroatoms. The third-order valence-electron chi connectivity index (χ3n) is 8.69. The number of hydrogen-bond acceptors (Lipinski definition) is 9. The predicted molar refractivity (Wildman–Crippen MR) is 154 cm³/mol. The number of hydrogen-bond donors (Lipinski definition) is 3. The lowest BCUT2D eigenvalue weighted by Crippen LogP contribution is -2.54. The van der Waals surface area contributed by atoms with E-state index in [1.54, 1.807) is 21.0 Å². The summed E-state index contributed by atoms with van der Waals surface area (Å²) in [5, 5.41) is 33.8. The first-order valence-electron chi connectivity index (χ1n) is 14.6. The van der Waals surface area contributed by atoms with E-state index in [0.717, 1.165) is 12.7 Å². The van der Waals surface area contributed by atoms with Gasteiger partial charge in [-0.2, -0.15) is 0 Å². The maximum Gasteiger partial charge on any atom is 0.159 e. The molecule has 1 aliphatic rings. The molecule has 0 spiro atoms. The molecule has 0 aromatic rings. The van der Waals surface area contributed by atoms with Crippen LogP contribution in [0.25, 0.3) is 0 Å². The molecule has 0 aliphatic carbocycles. The molecule has 11 atom stereocenters. The van der Waals surface area contributed by atoms with E-state index in [2.05, 4.69) is 16.7 Å². The van der Waals surface area contributed by atoms with E-state index in [1.165, 1.54) is 0 Å². The number of nitrogens with zero attached hydrogens (tertiary/aromatic N) is 2. The Balaban J connectivity index is 3.09. The van der Waals surface area contributed by atoms with Gasteiger partial charge in [0.15, 0.2) is 6.29 Å². The Morgan fingerprint density at radius 1 is 1.08 bits per heavy atom. The second-order valence-electron chi connectivity index (χ2n) is 13.6. The average molecular weight is 561 g/mol. The van der Waals surface area contributed by atoms with Crippen LogP contribution in [0.4, 0.5) is 0 Å². The molecular weight excluding hydrogens is 500 g/mol. The van der Waals surface area contributed by atoms with Crippen molar-refractivity contribution in [1.29, 1.82) is 0 Å². The monoisotopic (exact) mass is 560 g/mol. The highest BCUT2D eigenvalue weighted by atomic mass is 16.7. The van der Waals surface area contributed by atoms with Gasteiger partial charge in [0.2, 0.25) is 0 Å². The Kier molecular flexibility index (Phi) is 14.5. The first-order chi connectivity index (χ1) is 17.9. The Bertz CT molecular complexity index is 719. The zero-order valence-electron chi connectivity index (χ0n) is 26.8. The number of carbonyl (C=O) groups excluding carboxylic acids is 1. The molecule has 1 aliphatic heterocycles. The highest BCUT2D eigenvalue weighted by molar-refractivity contribution is 5.53. The van der Waals surface area contributed by atoms with Gasteiger partial charge >= 0.3 is 0 Å². The number of aldehydes is 1. The van der Waals surface area contributed by atoms with Crippen molar-refractivity contribution in [2.45, 2.75) is 123 Å². The summed E-state index contributed by atoms with van der Waals surface area (Å²) in [5.41, 5.74) is -1.71. The van der Waals surface area contributed by atoms with Crippen LogP contribution < -0.4 is 0 Å². The minimum Gasteiger partial charge on any atom is -0.392 e. The second kappa shape index (κ2) is 15.5. The van der Waals surface area contributed by atoms with Crippen molar-refractivity contribution < 1.29 is 34.3 Å². The van der Waals surface area contributed by atoms with Crippen LogP contribution in [0.3, 0.4) is 0 Å². The fourth-order valence-electron chi connectivity index (χ4n) is 6.22. The molecule has 0 bridgehead atoms. The molecule has 232 valence electrons. The molecule has 0 radical (unpaired) electrons. The Morgan fingerprint density at radius 3 is 2.18 bits per heavy atom. The predicted octanol–water partition coefficient (Wildman–Crippen LogP) is 2.79. The van der Waals surface area contributed by atoms with Crippen molar-refractivity contribution in [3.8, 4) is 0 Å². The van der Waals surface area contributed by atoms with Crippen molar-refractivity contribution in [2.24, 2.45) is 23.2 Å². The van der Waals surface area contributed by atoms with Crippen LogP contribution in [0.5, 0.6) is 0 Å². The highest BCUT2D eigenvalue weighted by Gasteiger charge is 2.44. The van der Waals surface area contributed by atoms with Gasteiger partial charge in [-0.1, -0.05) is 34.6 Å². The highest BCUT2D eigenvalue weighted by Crippen LogP contribution is 2.35. The van der Waals surface area contributed by atoms with E-state index in [4.69, 9.17) is 14.2 Å². The van der Waals surface area contributed by atoms with E-state index >= 15 is 0 Å². The quantitative estimate of drug-likeness (QED) is 0.231. The Hall–Kier alpha value is -0.650. The lowest BCUT2D eigenvalue weighted by Gasteiger charge is -2.45. The van der Waals surface area contributed by atoms with Crippen molar-refractivity contribution in [1.82, 2.24) is 9.80 Å². The van der Waals surface area contributed by atoms with Crippen molar-refractivity contribution in [3.05, 3.63) is 0 Å². The summed E-state index contributed by atoms with van der Waals surface area (Å²) < 4.78 is 17.9. The molecule has 0 amide bonds. The molecule has 1 heterocycles. The molecule has 9 nitrogen and oxygen atoms in total. The largest absolute Gasteiger partial charge is 0.392 e. The normalized spacial score (nSPS) is 27.9. The average Bonchev–Trinajstić information content (AvgIpc) is 2.83. The topological polar surface area (TPSA) is 112 Å². The summed E-state index contributed by atoms with van der Waals surface area (Å²) in [6, 6.07) is 0.158. The number of rotatable bonds is 17. The summed E-state index contributed by atoms with van der Waals surface area (Å²) in [4.78, 5) is 15.7. The number of ether oxygens (including phenoxy) is 3. The van der Waals surface area contributed by atoms with Crippen LogP contribution in [-0.2, 0) is 19.0 Å². The standard InChI is InChI=1S/C30H60N2O7/c1-19(16-32(11)23(5)27(35)29(6,7)18-37-12)15-30(8,36)28(22(4)26(34)20(2)17-33)39-25-14-24(31(9)10)13-21(3)38-25/h17,19-28,34-36H,13-16,18H2,1-12H3/t19-,20?,21?,22+,23?,24?,25?,26-,27?,28-,30-/m1/s1. The number of aliphatic hydroxyl groups is 3. The van der Waals surface area contributed by atoms with Gasteiger partial charge in [-0.3, -0.25) is 0 Å². The van der Waals surface area contributed by atoms with Crippen LogP contribution in [-0.4, -0.2) is 121 Å². The summed E-state index contributed by atoms with van der Waals surface area (Å²) in [6.07, 6.45) is -0.175. The molecule has 0 saturated carbocycles. The molecule has 6 unspecified atom stereocenters. The maximum absolute atomic E-state index is 11.9. The number of carbonyl (C=O) groups is 1. The molecule has 0 aromatic heterocycles. The fraction of sp³-hybridized carbons (Fsp3) is 0.967. The number of methoxy groups -OCH3 is 1. The lowest BCUT2D eigenvalue weighted by molar-refractivity contribution is -0.266. The molecule has 0 aromatic carbocycles. The number of likely N-dealkylation sites (N-methyl/N-ethyl adjacent to an activating group) is 1. The zero-order valence-corrected chi connectivity index (χ0v) is 26.8. The van der Waals surface area contributed by atoms with E-state index in [1.807, 2.05) is 55.8 Å². The van der Waals surface area contributed by atoms with Crippen molar-refractivity contribution in [3.63, 3.8) is 0 Å². The number of aliphatic hydroxyl groups excluding tert-OH is 2. The molecule has 1 rings (SSSR count). The fourth-order valence-corrected chi connectivity index (χ4v) is 6.22. The van der Waals surface area contributed by atoms with Gasteiger partial charge < -0.3 is 44.1 Å². The third-order valence-corrected chi connectivity index (χ3v) is 8.69. The van der Waals surface area contributed by atoms with Gasteiger partial charge in [0.1, 0.15) is 6.29 Å². The third kappa shape index (κ3) is 10.6. The first kappa shape index (κ1) is 36.4. The minimum absolute atomic E-state index is 0.00118. The zero-order chi connectivity index (χ0) is 30.3. The van der Waals surface area contributed by atoms with E-state index in [-0.39, 0.29) is 24.1 Å². The SMILES string of the molecule is COCC(C)(C)C(O)C(C)N(C)C[C@H](C)C[C@@](C)(O)[C@H](OC1CC(N(C)C)CC(C)O1)[C@@H](C)[C@H](O)C(C)C=O. The Morgan fingerprint density at radius 2 is 1.67 bits per heavy atom. The summed E-state index contributed by atoms with van der Waals surface area (Å²) in [5.74, 6) is -1.06. The van der Waals surface area contributed by atoms with E-state index in [0.29, 0.717) is 26.0 Å². The van der Waals surface area contributed by atoms with Gasteiger partial charge in [0.25, 0.3) is 0 Å². The second-order valence-corrected chi connectivity index (χ2v) is 13.6. The van der Waals surface area contributed by atoms with Gasteiger partial charge in [0.05, 0.1) is 36.6 Å². The molecular formula is C30H60N2O7. The van der Waals surface area contributed by atoms with Crippen LogP contribution in [0, 0.1) is 23.2 Å². The van der Waals surface area contributed by atoms with Gasteiger partial charge in [0, 0.05) is 49.4 Å². The van der Waals surface area contributed by atoms with Crippen molar-refractivity contribution in [2.75, 3.05) is 41.4 Å². The molecule has 39 heavy (non-hydrogen) atoms. The lowest BCUT2D eigenvalue weighted by atomic mass is 9.78. The van der Waals surface area contributed by atoms with E-state index in [9.17, 15) is 20.1 Å². The minimum atomic E-state index is -1.31. The summed E-state index contributed by atoms with van der Waals surface area (Å²) in [7, 11) is 7.70. The molecule has 1 saturated heterocycles. The van der Waals surface area contributed by atoms with Crippen LogP contribution >= 0.6 is 0 Å². The van der Waals surface area contributed by atoms with Gasteiger partial charge in [-0.25, -0.2) is 0 Å². The Labute approximate surface area is 238 Å². The van der Waals surface area contributed by atoms with Crippen LogP contribution in [0.1, 0.15) is 74.7 Å². The van der Waals surface area contributed by atoms with Gasteiger partial charge in [-0.15, -0.1) is 0 Å². The van der Waals surface area contributed by atoms with Gasteiger partial charge in [-0.05, 0) is 60.7 Å². The maximum atomic E-state index is 11.9. The van der Waals surface area contributed by atoms with Crippen LogP contribution in [0.2, 0.25) is 0 Å². The first-order valence-corrected chi connectivity index (χ1v) is 14.6. The smallest absolute Gasteiger partial charge is 0.159 e. The molecule has 3 N–H and O–H groups in total. The summed E-state index contributed by atoms with van der Waals surface area (Å²) in [6.45, 7) is 16.4.